The van der Waals surface area contributed by atoms with Gasteiger partial charge in [-0.2, -0.15) is 0 Å². The summed E-state index contributed by atoms with van der Waals surface area (Å²) in [5.74, 6) is -0.580. The number of hydrogen-bond acceptors (Lipinski definition) is 3. The van der Waals surface area contributed by atoms with Gasteiger partial charge in [-0.05, 0) is 31.1 Å². The molecule has 1 fully saturated rings. The minimum atomic E-state index is -1.22. The van der Waals surface area contributed by atoms with Gasteiger partial charge in [0.05, 0.1) is 12.0 Å². The molecule has 2 N–H and O–H groups in total. The van der Waals surface area contributed by atoms with Crippen LogP contribution < -0.4 is 15.7 Å². The Morgan fingerprint density at radius 1 is 1.26 bits per heavy atom. The third-order valence-electron chi connectivity index (χ3n) is 3.72. The summed E-state index contributed by atoms with van der Waals surface area (Å²) in [6.45, 7) is 5.95. The lowest BCUT2D eigenvalue weighted by molar-refractivity contribution is -0.308. The fraction of sp³-hybridized carbons (Fsp3) is 0.857. The second-order valence-electron chi connectivity index (χ2n) is 5.99. The number of nitrogens with one attached hydrogen (secondary N) is 2. The summed E-state index contributed by atoms with van der Waals surface area (Å²) in [7, 11) is 0. The van der Waals surface area contributed by atoms with Crippen LogP contribution >= 0.6 is 0 Å². The second kappa shape index (κ2) is 7.36. The van der Waals surface area contributed by atoms with E-state index >= 15 is 0 Å². The molecule has 0 aliphatic heterocycles. The van der Waals surface area contributed by atoms with Crippen molar-refractivity contribution in [2.75, 3.05) is 0 Å². The maximum Gasteiger partial charge on any atom is 0.315 e. The van der Waals surface area contributed by atoms with E-state index in [1.165, 1.54) is 6.42 Å². The number of carboxylic acids is 1. The average molecular weight is 269 g/mol. The lowest BCUT2D eigenvalue weighted by atomic mass is 9.86. The molecular formula is C14H25N2O3-. The summed E-state index contributed by atoms with van der Waals surface area (Å²) < 4.78 is 0. The Kier molecular flexibility index (Phi) is 6.12. The number of aliphatic carboxylic acids is 1. The van der Waals surface area contributed by atoms with Gasteiger partial charge in [-0.1, -0.05) is 33.6 Å². The molecule has 5 nitrogen and oxygen atoms in total. The Morgan fingerprint density at radius 2 is 1.89 bits per heavy atom. The van der Waals surface area contributed by atoms with Crippen LogP contribution in [0.5, 0.6) is 0 Å². The van der Waals surface area contributed by atoms with Crippen LogP contribution in [0.25, 0.3) is 0 Å². The van der Waals surface area contributed by atoms with Crippen LogP contribution in [0.15, 0.2) is 0 Å². The van der Waals surface area contributed by atoms with Crippen molar-refractivity contribution in [3.05, 3.63) is 0 Å². The first-order chi connectivity index (χ1) is 8.90. The largest absolute Gasteiger partial charge is 0.548 e. The minimum absolute atomic E-state index is 0.148. The monoisotopic (exact) mass is 269 g/mol. The van der Waals surface area contributed by atoms with Crippen LogP contribution in [0.3, 0.4) is 0 Å². The van der Waals surface area contributed by atoms with E-state index < -0.39 is 18.0 Å². The third-order valence-corrected chi connectivity index (χ3v) is 3.72. The molecule has 1 aliphatic carbocycles. The Morgan fingerprint density at radius 3 is 2.42 bits per heavy atom. The molecule has 0 unspecified atom stereocenters. The van der Waals surface area contributed by atoms with E-state index in [1.54, 1.807) is 0 Å². The van der Waals surface area contributed by atoms with Gasteiger partial charge in [0, 0.05) is 6.04 Å². The van der Waals surface area contributed by atoms with E-state index in [4.69, 9.17) is 0 Å². The van der Waals surface area contributed by atoms with Crippen molar-refractivity contribution in [1.29, 1.82) is 0 Å². The lowest BCUT2D eigenvalue weighted by Crippen LogP contribution is -2.54. The minimum Gasteiger partial charge on any atom is -0.548 e. The molecule has 0 saturated heterocycles. The zero-order valence-electron chi connectivity index (χ0n) is 12.1. The smallest absolute Gasteiger partial charge is 0.315 e. The van der Waals surface area contributed by atoms with Crippen molar-refractivity contribution < 1.29 is 14.7 Å². The number of carbonyl (C=O) groups is 2. The van der Waals surface area contributed by atoms with E-state index in [0.717, 1.165) is 19.3 Å². The lowest BCUT2D eigenvalue weighted by Gasteiger charge is -2.30. The van der Waals surface area contributed by atoms with Gasteiger partial charge in [0.15, 0.2) is 0 Å². The highest BCUT2D eigenvalue weighted by atomic mass is 16.4. The molecular weight excluding hydrogens is 244 g/mol. The highest BCUT2D eigenvalue weighted by Crippen LogP contribution is 2.23. The van der Waals surface area contributed by atoms with Gasteiger partial charge >= 0.3 is 6.03 Å². The standard InChI is InChI=1S/C14H26N2O3/c1-9(2)8-12(13(17)18)16-14(19)15-11-7-5-4-6-10(11)3/h9-12H,4-8H2,1-3H3,(H,17,18)(H2,15,16,19)/p-1/t10-,11+,12-/m0/s1. The second-order valence-corrected chi connectivity index (χ2v) is 5.99. The maximum absolute atomic E-state index is 11.8. The number of rotatable bonds is 5. The molecule has 5 heteroatoms. The molecule has 110 valence electrons. The number of carbonyl (C=O) groups excluding carboxylic acids is 2. The van der Waals surface area contributed by atoms with Crippen LogP contribution in [0.2, 0.25) is 0 Å². The predicted octanol–water partition coefficient (Wildman–Crippen LogP) is 1.03. The topological polar surface area (TPSA) is 81.3 Å². The fourth-order valence-electron chi connectivity index (χ4n) is 2.58. The highest BCUT2D eigenvalue weighted by Gasteiger charge is 2.24. The summed E-state index contributed by atoms with van der Waals surface area (Å²) in [5.41, 5.74) is 0. The van der Waals surface area contributed by atoms with Gasteiger partial charge < -0.3 is 20.5 Å². The van der Waals surface area contributed by atoms with Crippen LogP contribution in [0.1, 0.15) is 52.9 Å². The molecule has 0 radical (unpaired) electrons. The number of hydrogen-bond donors (Lipinski definition) is 2. The van der Waals surface area contributed by atoms with Gasteiger partial charge in [0.25, 0.3) is 0 Å². The Bertz CT molecular complexity index is 318. The maximum atomic E-state index is 11.8. The number of carboxylic acid groups (broad SMARTS) is 1. The Hall–Kier alpha value is -1.26. The molecule has 0 heterocycles. The van der Waals surface area contributed by atoms with Gasteiger partial charge in [-0.15, -0.1) is 0 Å². The van der Waals surface area contributed by atoms with Crippen LogP contribution in [-0.4, -0.2) is 24.1 Å². The van der Waals surface area contributed by atoms with Crippen LogP contribution in [0.4, 0.5) is 4.79 Å². The van der Waals surface area contributed by atoms with E-state index in [0.29, 0.717) is 12.3 Å². The first-order valence-electron chi connectivity index (χ1n) is 7.18. The molecule has 19 heavy (non-hydrogen) atoms. The molecule has 1 aliphatic rings. The molecule has 0 aromatic rings. The SMILES string of the molecule is CC(C)C[C@H](NC(=O)N[C@@H]1CCCC[C@@H]1C)C(=O)[O-]. The average Bonchev–Trinajstić information content (AvgIpc) is 2.30. The van der Waals surface area contributed by atoms with Gasteiger partial charge in [-0.3, -0.25) is 0 Å². The summed E-state index contributed by atoms with van der Waals surface area (Å²) >= 11 is 0. The summed E-state index contributed by atoms with van der Waals surface area (Å²) in [4.78, 5) is 22.8. The van der Waals surface area contributed by atoms with E-state index in [2.05, 4.69) is 17.6 Å². The zero-order chi connectivity index (χ0) is 14.4. The van der Waals surface area contributed by atoms with Crippen molar-refractivity contribution in [3.63, 3.8) is 0 Å². The fourth-order valence-corrected chi connectivity index (χ4v) is 2.58. The number of urea groups is 1. The van der Waals surface area contributed by atoms with Gasteiger partial charge in [0.2, 0.25) is 0 Å². The summed E-state index contributed by atoms with van der Waals surface area (Å²) in [5, 5.41) is 16.4. The van der Waals surface area contributed by atoms with Crippen molar-refractivity contribution in [1.82, 2.24) is 10.6 Å². The zero-order valence-corrected chi connectivity index (χ0v) is 12.1. The van der Waals surface area contributed by atoms with Crippen LogP contribution in [-0.2, 0) is 4.79 Å². The van der Waals surface area contributed by atoms with Crippen LogP contribution in [0, 0.1) is 11.8 Å². The van der Waals surface area contributed by atoms with Crippen molar-refractivity contribution in [3.8, 4) is 0 Å². The Balaban J connectivity index is 2.45. The first kappa shape index (κ1) is 15.8. The molecule has 1 saturated carbocycles. The van der Waals surface area contributed by atoms with E-state index in [9.17, 15) is 14.7 Å². The molecule has 0 bridgehead atoms. The number of amides is 2. The Labute approximate surface area is 115 Å². The van der Waals surface area contributed by atoms with Crippen molar-refractivity contribution in [2.24, 2.45) is 11.8 Å². The van der Waals surface area contributed by atoms with Gasteiger partial charge in [-0.25, -0.2) is 4.79 Å². The molecule has 0 spiro atoms. The molecule has 0 aromatic carbocycles. The molecule has 3 atom stereocenters. The van der Waals surface area contributed by atoms with Gasteiger partial charge in [0.1, 0.15) is 0 Å². The van der Waals surface area contributed by atoms with E-state index in [1.807, 2.05) is 13.8 Å². The quantitative estimate of drug-likeness (QED) is 0.782. The predicted molar refractivity (Wildman–Crippen MR) is 71.3 cm³/mol. The first-order valence-corrected chi connectivity index (χ1v) is 7.18. The third kappa shape index (κ3) is 5.49. The highest BCUT2D eigenvalue weighted by molar-refractivity contribution is 5.81. The normalized spacial score (nSPS) is 24.8. The van der Waals surface area contributed by atoms with E-state index in [-0.39, 0.29) is 12.0 Å². The van der Waals surface area contributed by atoms with Crippen molar-refractivity contribution in [2.45, 2.75) is 65.0 Å². The van der Waals surface area contributed by atoms with Crippen molar-refractivity contribution >= 4 is 12.0 Å². The summed E-state index contributed by atoms with van der Waals surface area (Å²) in [6, 6.07) is -1.16. The molecule has 1 rings (SSSR count). The molecule has 2 amide bonds. The molecule has 0 aromatic heterocycles. The summed E-state index contributed by atoms with van der Waals surface area (Å²) in [6.07, 6.45) is 4.78.